The van der Waals surface area contributed by atoms with Gasteiger partial charge in [0.1, 0.15) is 45.5 Å². The van der Waals surface area contributed by atoms with Gasteiger partial charge in [-0.1, -0.05) is 0 Å². The number of rotatable bonds is 10. The summed E-state index contributed by atoms with van der Waals surface area (Å²) in [4.78, 5) is 17.6. The molecule has 0 aromatic rings. The molecule has 0 spiro atoms. The average Bonchev–Trinajstić information content (AvgIpc) is 3.71. The Labute approximate surface area is 300 Å². The fourth-order valence-corrected chi connectivity index (χ4v) is 4.90. The van der Waals surface area contributed by atoms with Crippen LogP contribution in [0.1, 0.15) is 55.4 Å². The smallest absolute Gasteiger partial charge is 0.412 e. The maximum absolute atomic E-state index is 9.44. The number of amidine groups is 4. The fourth-order valence-electron chi connectivity index (χ4n) is 4.03. The molecule has 4 aliphatic heterocycles. The summed E-state index contributed by atoms with van der Waals surface area (Å²) in [5.74, 6) is 3.68. The lowest BCUT2D eigenvalue weighted by Gasteiger charge is -2.23. The lowest BCUT2D eigenvalue weighted by Crippen LogP contribution is -2.41. The first-order valence-electron chi connectivity index (χ1n) is 14.2. The van der Waals surface area contributed by atoms with Crippen LogP contribution in [0.3, 0.4) is 0 Å². The molecule has 0 amide bonds. The zero-order valence-electron chi connectivity index (χ0n) is 28.8. The zero-order valence-corrected chi connectivity index (χ0v) is 32.1. The van der Waals surface area contributed by atoms with Gasteiger partial charge in [-0.2, -0.15) is 37.3 Å². The molecule has 0 saturated heterocycles. The Kier molecular flexibility index (Phi) is 21.0. The van der Waals surface area contributed by atoms with Gasteiger partial charge >= 0.3 is 20.8 Å². The van der Waals surface area contributed by atoms with Crippen molar-refractivity contribution in [3.8, 4) is 0 Å². The number of aliphatic imine (C=N–C) groups is 4. The summed E-state index contributed by atoms with van der Waals surface area (Å²) >= 11 is 0. The predicted molar refractivity (Wildman–Crippen MR) is 193 cm³/mol. The quantitative estimate of drug-likeness (QED) is 0.124. The van der Waals surface area contributed by atoms with Gasteiger partial charge in [0.05, 0.1) is 26.2 Å². The summed E-state index contributed by atoms with van der Waals surface area (Å²) in [7, 11) is -10.2. The van der Waals surface area contributed by atoms with E-state index in [1.807, 2.05) is 55.4 Å². The van der Waals surface area contributed by atoms with Crippen molar-refractivity contribution >= 4 is 69.0 Å². The van der Waals surface area contributed by atoms with Gasteiger partial charge in [0, 0.05) is 26.2 Å². The summed E-state index contributed by atoms with van der Waals surface area (Å²) in [6.45, 7) is 23.1. The molecule has 4 heterocycles. The van der Waals surface area contributed by atoms with E-state index in [9.17, 15) is 16.8 Å². The molecule has 4 rings (SSSR count). The van der Waals surface area contributed by atoms with Crippen molar-refractivity contribution in [2.24, 2.45) is 40.4 Å². The van der Waals surface area contributed by atoms with Gasteiger partial charge in [0.2, 0.25) is 0 Å². The molecule has 21 nitrogen and oxygen atoms in total. The molecular weight excluding hydrogens is 735 g/mol. The summed E-state index contributed by atoms with van der Waals surface area (Å²) in [5, 5.41) is 30.9. The second kappa shape index (κ2) is 20.3. The monoisotopic (exact) mass is 786 g/mol. The van der Waals surface area contributed by atoms with Gasteiger partial charge in [0.25, 0.3) is 0 Å². The third-order valence-corrected chi connectivity index (χ3v) is 7.66. The molecule has 10 N–H and O–H groups in total. The third kappa shape index (κ3) is 17.7. The van der Waals surface area contributed by atoms with E-state index in [0.29, 0.717) is 0 Å². The van der Waals surface area contributed by atoms with Crippen LogP contribution < -0.4 is 21.3 Å². The summed E-state index contributed by atoms with van der Waals surface area (Å²) in [6, 6.07) is 0. The van der Waals surface area contributed by atoms with Crippen molar-refractivity contribution in [2.75, 3.05) is 52.4 Å². The highest BCUT2D eigenvalue weighted by atomic mass is 35.5. The van der Waals surface area contributed by atoms with E-state index in [1.54, 1.807) is 0 Å². The topological polar surface area (TPSA) is 328 Å². The summed E-state index contributed by atoms with van der Waals surface area (Å²) < 4.78 is 55.6. The van der Waals surface area contributed by atoms with Crippen LogP contribution >= 0.6 is 24.8 Å². The Morgan fingerprint density at radius 2 is 0.694 bits per heavy atom. The van der Waals surface area contributed by atoms with Gasteiger partial charge in [-0.05, 0) is 55.4 Å². The maximum Gasteiger partial charge on any atom is 0.413 e. The van der Waals surface area contributed by atoms with E-state index in [0.717, 1.165) is 75.7 Å². The van der Waals surface area contributed by atoms with Crippen LogP contribution in [-0.2, 0) is 24.4 Å². The van der Waals surface area contributed by atoms with Crippen molar-refractivity contribution in [1.82, 2.24) is 21.3 Å². The number of azo groups is 2. The van der Waals surface area contributed by atoms with Gasteiger partial charge in [-0.25, -0.2) is 0 Å². The number of nitrogens with one attached hydrogen (secondary N) is 4. The van der Waals surface area contributed by atoms with Crippen LogP contribution in [0.15, 0.2) is 40.4 Å². The predicted octanol–water partition coefficient (Wildman–Crippen LogP) is -0.199. The van der Waals surface area contributed by atoms with Crippen LogP contribution in [0.4, 0.5) is 0 Å². The molecule has 0 fully saturated rings. The Morgan fingerprint density at radius 3 is 0.796 bits per heavy atom. The van der Waals surface area contributed by atoms with Crippen LogP contribution in [0, 0.1) is 0 Å². The highest BCUT2D eigenvalue weighted by Crippen LogP contribution is 2.20. The lowest BCUT2D eigenvalue weighted by atomic mass is 10.0. The molecule has 0 radical (unpaired) electrons. The second-order valence-corrected chi connectivity index (χ2v) is 14.4. The van der Waals surface area contributed by atoms with Gasteiger partial charge in [0.15, 0.2) is 0 Å². The molecule has 49 heavy (non-hydrogen) atoms. The molecule has 0 saturated carbocycles. The first-order chi connectivity index (χ1) is 20.5. The molecule has 0 unspecified atom stereocenters. The minimum Gasteiger partial charge on any atom is -0.412 e. The van der Waals surface area contributed by atoms with Crippen molar-refractivity contribution in [3.63, 3.8) is 0 Å². The standard InChI is InChI=1S/2C12H22N6.2ClH.H2O7S2.2H2O/c2*1-11(2,9-13-5-6-14-9)17-18-12(3,4)10-15-7-8-16-10;;;1-8(2,3)7-9(4,5)6;;/h2*5-8H2,1-4H3,(H,13,14)(H,15,16);2*1H;(H,1,2,3)(H,4,5,6);2*1H2. The highest BCUT2D eigenvalue weighted by Gasteiger charge is 2.32. The molecule has 0 aromatic heterocycles. The Balaban J connectivity index is -0.000000656. The van der Waals surface area contributed by atoms with Crippen LogP contribution in [0.5, 0.6) is 0 Å². The number of halogens is 2. The zero-order chi connectivity index (χ0) is 34.2. The molecule has 0 aromatic carbocycles. The fraction of sp³-hybridized carbons (Fsp3) is 0.833. The SMILES string of the molecule is CC(C)(N=NC(C)(C)C1=NCCN1)C1=NCCN1.CC(C)(N=NC(C)(C)C1=NCCN1)C1=NCCN1.Cl.Cl.O.O.O=S(=O)(O)OS(=O)(=O)O. The van der Waals surface area contributed by atoms with E-state index in [1.165, 1.54) is 0 Å². The number of hydrogen-bond acceptors (Lipinski definition) is 17. The van der Waals surface area contributed by atoms with E-state index < -0.39 is 43.0 Å². The molecule has 0 atom stereocenters. The second-order valence-electron chi connectivity index (χ2n) is 12.2. The minimum atomic E-state index is -5.12. The van der Waals surface area contributed by atoms with Crippen LogP contribution in [0.2, 0.25) is 0 Å². The normalized spacial score (nSPS) is 17.7. The Hall–Kier alpha value is -2.64. The van der Waals surface area contributed by atoms with E-state index >= 15 is 0 Å². The molecule has 0 aliphatic carbocycles. The average molecular weight is 788 g/mol. The molecule has 4 aliphatic rings. The van der Waals surface area contributed by atoms with Gasteiger partial charge in [-0.3, -0.25) is 29.1 Å². The maximum atomic E-state index is 9.44. The molecular formula is C24H52Cl2N12O9S2. The van der Waals surface area contributed by atoms with Crippen molar-refractivity contribution in [2.45, 2.75) is 77.5 Å². The van der Waals surface area contributed by atoms with Crippen LogP contribution in [-0.4, -0.2) is 135 Å². The van der Waals surface area contributed by atoms with E-state index in [-0.39, 0.29) is 35.8 Å². The Bertz CT molecular complexity index is 1280. The highest BCUT2D eigenvalue weighted by molar-refractivity contribution is 7.94. The van der Waals surface area contributed by atoms with Crippen LogP contribution in [0.25, 0.3) is 0 Å². The first-order valence-corrected chi connectivity index (χ1v) is 17.0. The lowest BCUT2D eigenvalue weighted by molar-refractivity contribution is 0.344. The molecule has 25 heteroatoms. The van der Waals surface area contributed by atoms with Crippen molar-refractivity contribution in [1.29, 1.82) is 0 Å². The van der Waals surface area contributed by atoms with Crippen molar-refractivity contribution < 1.29 is 40.5 Å². The third-order valence-electron chi connectivity index (χ3n) is 6.29. The van der Waals surface area contributed by atoms with E-state index in [4.69, 9.17) is 9.11 Å². The number of nitrogens with zero attached hydrogens (tertiary/aromatic N) is 8. The van der Waals surface area contributed by atoms with E-state index in [2.05, 4.69) is 65.3 Å². The summed E-state index contributed by atoms with van der Waals surface area (Å²) in [6.07, 6.45) is 0. The largest absolute Gasteiger partial charge is 0.413 e. The van der Waals surface area contributed by atoms with Gasteiger partial charge < -0.3 is 32.2 Å². The van der Waals surface area contributed by atoms with Crippen molar-refractivity contribution in [3.05, 3.63) is 0 Å². The van der Waals surface area contributed by atoms with Gasteiger partial charge in [-0.15, -0.1) is 28.4 Å². The molecule has 288 valence electrons. The molecule has 0 bridgehead atoms. The number of hydrogen-bond donors (Lipinski definition) is 6. The Morgan fingerprint density at radius 1 is 0.510 bits per heavy atom. The summed E-state index contributed by atoms with van der Waals surface area (Å²) in [5.41, 5.74) is -1.58. The first kappa shape index (κ1) is 50.7. The minimum absolute atomic E-state index is 0.